The molecule has 0 fully saturated rings. The van der Waals surface area contributed by atoms with Crippen LogP contribution < -0.4 is 10.2 Å². The quantitative estimate of drug-likeness (QED) is 0.193. The summed E-state index contributed by atoms with van der Waals surface area (Å²) in [5, 5.41) is 4.94. The molecule has 1 amide bonds. The molecule has 33 heavy (non-hydrogen) atoms. The van der Waals surface area contributed by atoms with Gasteiger partial charge in [-0.2, -0.15) is 21.6 Å². The molecule has 0 saturated heterocycles. The lowest BCUT2D eigenvalue weighted by Gasteiger charge is -2.43. The highest BCUT2D eigenvalue weighted by Gasteiger charge is 2.53. The monoisotopic (exact) mass is 521 g/mol. The van der Waals surface area contributed by atoms with Gasteiger partial charge >= 0.3 is 12.3 Å². The van der Waals surface area contributed by atoms with Gasteiger partial charge < -0.3 is 14.5 Å². The van der Waals surface area contributed by atoms with Gasteiger partial charge in [0.25, 0.3) is 10.1 Å². The topological polar surface area (TPSA) is 141 Å². The summed E-state index contributed by atoms with van der Waals surface area (Å²) in [4.78, 5) is 15.1. The first kappa shape index (κ1) is 31.5. The Morgan fingerprint density at radius 1 is 1.15 bits per heavy atom. The maximum absolute atomic E-state index is 14.1. The number of ether oxygens (including phenoxy) is 1. The summed E-state index contributed by atoms with van der Waals surface area (Å²) in [6.07, 6.45) is -7.01. The molecule has 0 aliphatic heterocycles. The summed E-state index contributed by atoms with van der Waals surface area (Å²) in [7, 11) is -6.96. The predicted octanol–water partition coefficient (Wildman–Crippen LogP) is 3.98. The molecule has 0 heterocycles. The van der Waals surface area contributed by atoms with Crippen molar-refractivity contribution >= 4 is 24.5 Å². The molecule has 194 valence electrons. The minimum Gasteiger partial charge on any atom is -0.444 e. The van der Waals surface area contributed by atoms with Crippen molar-refractivity contribution in [2.24, 2.45) is 11.0 Å². The number of amides is 1. The largest absolute Gasteiger partial charge is 0.444 e. The molecule has 0 aliphatic carbocycles. The van der Waals surface area contributed by atoms with Crippen molar-refractivity contribution in [3.05, 3.63) is 0 Å². The van der Waals surface area contributed by atoms with E-state index in [0.717, 1.165) is 6.26 Å². The van der Waals surface area contributed by atoms with Crippen LogP contribution in [-0.4, -0.2) is 66.2 Å². The van der Waals surface area contributed by atoms with Gasteiger partial charge in [0, 0.05) is 0 Å². The van der Waals surface area contributed by atoms with Crippen molar-refractivity contribution in [2.75, 3.05) is 19.4 Å². The van der Waals surface area contributed by atoms with Crippen molar-refractivity contribution in [2.45, 2.75) is 83.6 Å². The van der Waals surface area contributed by atoms with E-state index in [4.69, 9.17) is 18.9 Å². The summed E-state index contributed by atoms with van der Waals surface area (Å²) in [5.74, 6) is -2.32. The lowest BCUT2D eigenvalue weighted by Crippen LogP contribution is -2.59. The summed E-state index contributed by atoms with van der Waals surface area (Å²) in [6, 6.07) is -1.57. The number of hydrogen-bond acceptors (Lipinski definition) is 8. The molecule has 0 rings (SSSR count). The first-order valence-electron chi connectivity index (χ1n) is 10.1. The first-order valence-corrected chi connectivity index (χ1v) is 14.8. The maximum atomic E-state index is 14.1. The number of carbonyl (C=O) groups is 1. The Balaban J connectivity index is 6.54. The Kier molecular flexibility index (Phi) is 10.7. The van der Waals surface area contributed by atoms with Gasteiger partial charge in [-0.15, -0.1) is 0 Å². The van der Waals surface area contributed by atoms with Gasteiger partial charge in [-0.3, -0.25) is 4.18 Å². The summed E-state index contributed by atoms with van der Waals surface area (Å²) in [5.41, 5.74) is 5.80. The van der Waals surface area contributed by atoms with E-state index in [2.05, 4.69) is 15.3 Å². The van der Waals surface area contributed by atoms with Gasteiger partial charge in [0.2, 0.25) is 4.91 Å². The number of alkyl halides is 3. The van der Waals surface area contributed by atoms with Crippen molar-refractivity contribution in [1.29, 1.82) is 5.53 Å². The first-order chi connectivity index (χ1) is 14.5. The molecule has 0 spiro atoms. The predicted molar refractivity (Wildman–Crippen MR) is 118 cm³/mol. The number of halogens is 3. The second-order valence-corrected chi connectivity index (χ2v) is 16.6. The Bertz CT molecular complexity index is 819. The molecule has 3 atom stereocenters. The number of hydrogen-bond donors (Lipinski definition) is 2. The number of carbonyl (C=O) groups excluding carboxylic acids is 1. The van der Waals surface area contributed by atoms with Gasteiger partial charge in [-0.1, -0.05) is 20.8 Å². The fourth-order valence-electron chi connectivity index (χ4n) is 2.36. The van der Waals surface area contributed by atoms with Gasteiger partial charge in [-0.25, -0.2) is 4.79 Å². The molecular formula is C18H36F3N4O6SSi+. The zero-order valence-corrected chi connectivity index (χ0v) is 22.3. The Hall–Kier alpha value is -1.54. The fraction of sp³-hybridized carbons (Fsp3) is 0.944. The molecule has 2 N–H and O–H groups in total. The molecular weight excluding hydrogens is 485 g/mol. The molecule has 0 unspecified atom stereocenters. The third kappa shape index (κ3) is 11.9. The van der Waals surface area contributed by atoms with Crippen LogP contribution in [0.25, 0.3) is 0 Å². The van der Waals surface area contributed by atoms with Crippen LogP contribution in [0.5, 0.6) is 0 Å². The summed E-state index contributed by atoms with van der Waals surface area (Å²) >= 11 is 0. The summed E-state index contributed by atoms with van der Waals surface area (Å²) < 4.78 is 81.3. The standard InChI is InChI=1S/C18H35F3N4O6SSi/c1-16(2,3)30-15(26)24-13(11-29-32(7,27)28)14(31-33(8,9)17(4,5)6)12(10-23-25-22)18(19,20)21/h12-14,22H,10-11H2,1-9H3/p+1/t12-,13+,14+/m0/s1. The minimum atomic E-state index is -4.87. The average Bonchev–Trinajstić information content (AvgIpc) is 2.53. The normalized spacial score (nSPS) is 16.4. The second kappa shape index (κ2) is 11.3. The highest BCUT2D eigenvalue weighted by molar-refractivity contribution is 7.85. The Labute approximate surface area is 194 Å². The van der Waals surface area contributed by atoms with Crippen molar-refractivity contribution in [3.63, 3.8) is 0 Å². The number of nitrogens with zero attached hydrogens (tertiary/aromatic N) is 2. The van der Waals surface area contributed by atoms with Crippen LogP contribution >= 0.6 is 0 Å². The van der Waals surface area contributed by atoms with E-state index < -0.39 is 72.6 Å². The molecule has 0 radical (unpaired) electrons. The van der Waals surface area contributed by atoms with Crippen LogP contribution in [-0.2, 0) is 23.5 Å². The van der Waals surface area contributed by atoms with E-state index in [1.165, 1.54) is 0 Å². The highest BCUT2D eigenvalue weighted by Crippen LogP contribution is 2.41. The van der Waals surface area contributed by atoms with E-state index >= 15 is 0 Å². The maximum Gasteiger partial charge on any atom is 0.408 e. The molecule has 15 heteroatoms. The lowest BCUT2D eigenvalue weighted by molar-refractivity contribution is -0.198. The van der Waals surface area contributed by atoms with E-state index in [-0.39, 0.29) is 0 Å². The third-order valence-electron chi connectivity index (χ3n) is 4.96. The average molecular weight is 522 g/mol. The summed E-state index contributed by atoms with van der Waals surface area (Å²) in [6.45, 7) is 11.7. The molecule has 0 aromatic carbocycles. The van der Waals surface area contributed by atoms with Crippen molar-refractivity contribution in [3.8, 4) is 0 Å². The zero-order chi connectivity index (χ0) is 26.5. The Morgan fingerprint density at radius 2 is 1.67 bits per heavy atom. The van der Waals surface area contributed by atoms with E-state index in [1.54, 1.807) is 33.9 Å². The van der Waals surface area contributed by atoms with Gasteiger partial charge in [0.15, 0.2) is 8.32 Å². The molecule has 0 bridgehead atoms. The Morgan fingerprint density at radius 3 is 2.03 bits per heavy atom. The third-order valence-corrected chi connectivity index (χ3v) is 10.0. The number of nitrogens with one attached hydrogen (secondary N) is 2. The molecule has 0 aromatic heterocycles. The van der Waals surface area contributed by atoms with Crippen LogP contribution in [0.2, 0.25) is 18.1 Å². The smallest absolute Gasteiger partial charge is 0.408 e. The van der Waals surface area contributed by atoms with E-state index in [9.17, 15) is 26.4 Å². The van der Waals surface area contributed by atoms with Crippen LogP contribution in [0.1, 0.15) is 41.5 Å². The van der Waals surface area contributed by atoms with Crippen LogP contribution in [0.3, 0.4) is 0 Å². The van der Waals surface area contributed by atoms with E-state index in [1.807, 2.05) is 20.8 Å². The van der Waals surface area contributed by atoms with Crippen LogP contribution in [0.4, 0.5) is 18.0 Å². The second-order valence-electron chi connectivity index (χ2n) is 10.2. The molecule has 0 saturated carbocycles. The van der Waals surface area contributed by atoms with E-state index in [0.29, 0.717) is 0 Å². The zero-order valence-electron chi connectivity index (χ0n) is 20.5. The minimum absolute atomic E-state index is 0.521. The lowest BCUT2D eigenvalue weighted by atomic mass is 9.96. The van der Waals surface area contributed by atoms with Gasteiger partial charge in [-0.05, 0) is 38.9 Å². The number of alkyl carbamates (subject to hydrolysis) is 1. The van der Waals surface area contributed by atoms with Gasteiger partial charge in [0.1, 0.15) is 28.7 Å². The number of rotatable bonds is 10. The van der Waals surface area contributed by atoms with Gasteiger partial charge in [0.05, 0.1) is 25.0 Å². The molecule has 10 nitrogen and oxygen atoms in total. The molecule has 0 aromatic rings. The van der Waals surface area contributed by atoms with Crippen LogP contribution in [0.15, 0.2) is 5.11 Å². The highest BCUT2D eigenvalue weighted by atomic mass is 32.2. The SMILES string of the molecule is CC(C)(C)OC(=O)N[C@H](COS(C)(=O)=O)[C@H](O[Si](C)(C)C(C)(C)C)[C@H](CN=[N+]=N)C(F)(F)F. The van der Waals surface area contributed by atoms with Crippen molar-refractivity contribution < 1.29 is 39.7 Å². The van der Waals surface area contributed by atoms with Crippen molar-refractivity contribution in [1.82, 2.24) is 10.2 Å². The fourth-order valence-corrected chi connectivity index (χ4v) is 4.11. The molecule has 0 aliphatic rings. The van der Waals surface area contributed by atoms with Crippen LogP contribution in [0, 0.1) is 11.4 Å².